The van der Waals surface area contributed by atoms with Gasteiger partial charge in [0.25, 0.3) is 5.91 Å². The molecular weight excluding hydrogens is 266 g/mol. The third-order valence-corrected chi connectivity index (χ3v) is 2.79. The second-order valence-electron chi connectivity index (χ2n) is 4.33. The molecule has 6 heteroatoms. The first-order chi connectivity index (χ1) is 9.08. The number of nitrogens with one attached hydrogen (secondary N) is 2. The number of hydrogen-bond acceptors (Lipinski definition) is 4. The van der Waals surface area contributed by atoms with Crippen molar-refractivity contribution < 1.29 is 9.53 Å². The van der Waals surface area contributed by atoms with Crippen LogP contribution in [0.15, 0.2) is 12.1 Å². The first-order valence-corrected chi connectivity index (χ1v) is 6.63. The largest absolute Gasteiger partial charge is 0.384 e. The molecule has 0 fully saturated rings. The molecule has 1 aromatic rings. The Kier molecular flexibility index (Phi) is 6.59. The molecular formula is C13H20ClN3O2. The minimum atomic E-state index is -0.271. The van der Waals surface area contributed by atoms with Crippen molar-refractivity contribution in [3.05, 3.63) is 22.8 Å². The van der Waals surface area contributed by atoms with E-state index in [4.69, 9.17) is 16.3 Å². The first kappa shape index (κ1) is 15.7. The Morgan fingerprint density at radius 3 is 2.89 bits per heavy atom. The van der Waals surface area contributed by atoms with Gasteiger partial charge in [-0.05, 0) is 25.0 Å². The molecule has 0 saturated heterocycles. The Bertz CT molecular complexity index is 426. The van der Waals surface area contributed by atoms with Gasteiger partial charge in [-0.2, -0.15) is 0 Å². The topological polar surface area (TPSA) is 63.2 Å². The Morgan fingerprint density at radius 2 is 2.26 bits per heavy atom. The first-order valence-electron chi connectivity index (χ1n) is 6.26. The molecule has 0 radical (unpaired) electrons. The fourth-order valence-corrected chi connectivity index (χ4v) is 1.77. The summed E-state index contributed by atoms with van der Waals surface area (Å²) in [5.41, 5.74) is 0.240. The molecule has 106 valence electrons. The summed E-state index contributed by atoms with van der Waals surface area (Å²) in [5.74, 6) is 0.611. The van der Waals surface area contributed by atoms with Crippen molar-refractivity contribution in [3.8, 4) is 0 Å². The van der Waals surface area contributed by atoms with Crippen LogP contribution in [0.3, 0.4) is 0 Å². The summed E-state index contributed by atoms with van der Waals surface area (Å²) in [4.78, 5) is 16.2. The molecule has 0 aliphatic rings. The van der Waals surface area contributed by atoms with Crippen LogP contribution in [0, 0.1) is 5.92 Å². The van der Waals surface area contributed by atoms with Crippen molar-refractivity contribution in [2.75, 3.05) is 32.1 Å². The minimum Gasteiger partial charge on any atom is -0.384 e. The van der Waals surface area contributed by atoms with E-state index in [2.05, 4.69) is 15.6 Å². The van der Waals surface area contributed by atoms with Gasteiger partial charge in [0, 0.05) is 20.2 Å². The number of halogens is 1. The number of amides is 1. The number of anilines is 1. The average Bonchev–Trinajstić information content (AvgIpc) is 2.39. The standard InChI is InChI=1S/C13H20ClN3O2/c1-4-15-11-6-5-10(14)12(17-11)13(18)16-7-9(2)8-19-3/h5-6,9H,4,7-8H2,1-3H3,(H,15,17)(H,16,18). The van der Waals surface area contributed by atoms with Gasteiger partial charge in [-0.25, -0.2) is 4.98 Å². The van der Waals surface area contributed by atoms with Crippen molar-refractivity contribution in [1.29, 1.82) is 0 Å². The van der Waals surface area contributed by atoms with Gasteiger partial charge in [0.15, 0.2) is 0 Å². The van der Waals surface area contributed by atoms with E-state index in [0.29, 0.717) is 24.0 Å². The zero-order valence-electron chi connectivity index (χ0n) is 11.5. The van der Waals surface area contributed by atoms with Crippen LogP contribution in [0.5, 0.6) is 0 Å². The summed E-state index contributed by atoms with van der Waals surface area (Å²) in [6.45, 7) is 5.81. The Hall–Kier alpha value is -1.33. The van der Waals surface area contributed by atoms with Crippen LogP contribution in [-0.4, -0.2) is 37.7 Å². The quantitative estimate of drug-likeness (QED) is 0.806. The molecule has 1 rings (SSSR count). The molecule has 0 saturated carbocycles. The number of pyridine rings is 1. The lowest BCUT2D eigenvalue weighted by Crippen LogP contribution is -2.30. The molecule has 5 nitrogen and oxygen atoms in total. The number of carbonyl (C=O) groups is 1. The molecule has 1 heterocycles. The van der Waals surface area contributed by atoms with Gasteiger partial charge in [-0.3, -0.25) is 4.79 Å². The van der Waals surface area contributed by atoms with Gasteiger partial charge >= 0.3 is 0 Å². The third kappa shape index (κ3) is 5.04. The molecule has 0 aliphatic heterocycles. The van der Waals surface area contributed by atoms with Crippen LogP contribution < -0.4 is 10.6 Å². The van der Waals surface area contributed by atoms with E-state index in [1.54, 1.807) is 19.2 Å². The average molecular weight is 286 g/mol. The summed E-state index contributed by atoms with van der Waals surface area (Å²) in [6, 6.07) is 3.41. The molecule has 0 bridgehead atoms. The van der Waals surface area contributed by atoms with E-state index >= 15 is 0 Å². The Labute approximate surface area is 118 Å². The van der Waals surface area contributed by atoms with Gasteiger partial charge < -0.3 is 15.4 Å². The Morgan fingerprint density at radius 1 is 1.53 bits per heavy atom. The number of aromatic nitrogens is 1. The van der Waals surface area contributed by atoms with Crippen molar-refractivity contribution >= 4 is 23.3 Å². The maximum absolute atomic E-state index is 12.0. The van der Waals surface area contributed by atoms with Crippen LogP contribution >= 0.6 is 11.6 Å². The number of ether oxygens (including phenoxy) is 1. The summed E-state index contributed by atoms with van der Waals surface area (Å²) >= 11 is 5.99. The van der Waals surface area contributed by atoms with E-state index in [1.165, 1.54) is 0 Å². The van der Waals surface area contributed by atoms with Crippen LogP contribution in [0.1, 0.15) is 24.3 Å². The predicted molar refractivity (Wildman–Crippen MR) is 76.8 cm³/mol. The minimum absolute atomic E-state index is 0.240. The number of nitrogens with zero attached hydrogens (tertiary/aromatic N) is 1. The van der Waals surface area contributed by atoms with E-state index in [0.717, 1.165) is 6.54 Å². The zero-order chi connectivity index (χ0) is 14.3. The maximum Gasteiger partial charge on any atom is 0.271 e. The summed E-state index contributed by atoms with van der Waals surface area (Å²) in [5, 5.41) is 6.19. The summed E-state index contributed by atoms with van der Waals surface area (Å²) < 4.78 is 5.01. The number of rotatable bonds is 7. The molecule has 0 aromatic carbocycles. The van der Waals surface area contributed by atoms with Crippen LogP contribution in [-0.2, 0) is 4.74 Å². The zero-order valence-corrected chi connectivity index (χ0v) is 12.3. The van der Waals surface area contributed by atoms with Crippen LogP contribution in [0.4, 0.5) is 5.82 Å². The van der Waals surface area contributed by atoms with Gasteiger partial charge in [-0.15, -0.1) is 0 Å². The van der Waals surface area contributed by atoms with Crippen molar-refractivity contribution in [2.24, 2.45) is 5.92 Å². The van der Waals surface area contributed by atoms with Crippen molar-refractivity contribution in [1.82, 2.24) is 10.3 Å². The van der Waals surface area contributed by atoms with Gasteiger partial charge in [0.05, 0.1) is 11.6 Å². The lowest BCUT2D eigenvalue weighted by molar-refractivity contribution is 0.0929. The molecule has 0 spiro atoms. The number of hydrogen-bond donors (Lipinski definition) is 2. The van der Waals surface area contributed by atoms with Crippen molar-refractivity contribution in [2.45, 2.75) is 13.8 Å². The normalized spacial score (nSPS) is 12.0. The molecule has 1 amide bonds. The van der Waals surface area contributed by atoms with Crippen molar-refractivity contribution in [3.63, 3.8) is 0 Å². The molecule has 1 atom stereocenters. The lowest BCUT2D eigenvalue weighted by atomic mass is 10.2. The fraction of sp³-hybridized carbons (Fsp3) is 0.538. The molecule has 19 heavy (non-hydrogen) atoms. The third-order valence-electron chi connectivity index (χ3n) is 2.48. The van der Waals surface area contributed by atoms with Crippen LogP contribution in [0.25, 0.3) is 0 Å². The second-order valence-corrected chi connectivity index (χ2v) is 4.73. The number of methoxy groups -OCH3 is 1. The van der Waals surface area contributed by atoms with E-state index in [9.17, 15) is 4.79 Å². The highest BCUT2D eigenvalue weighted by atomic mass is 35.5. The smallest absolute Gasteiger partial charge is 0.271 e. The molecule has 0 aliphatic carbocycles. The monoisotopic (exact) mass is 285 g/mol. The lowest BCUT2D eigenvalue weighted by Gasteiger charge is -2.12. The van der Waals surface area contributed by atoms with Gasteiger partial charge in [0.2, 0.25) is 0 Å². The van der Waals surface area contributed by atoms with Gasteiger partial charge in [-0.1, -0.05) is 18.5 Å². The van der Waals surface area contributed by atoms with E-state index < -0.39 is 0 Å². The molecule has 1 unspecified atom stereocenters. The SMILES string of the molecule is CCNc1ccc(Cl)c(C(=O)NCC(C)COC)n1. The summed E-state index contributed by atoms with van der Waals surface area (Å²) in [6.07, 6.45) is 0. The highest BCUT2D eigenvalue weighted by Crippen LogP contribution is 2.16. The fourth-order valence-electron chi connectivity index (χ4n) is 1.58. The highest BCUT2D eigenvalue weighted by molar-refractivity contribution is 6.33. The number of carbonyl (C=O) groups excluding carboxylic acids is 1. The van der Waals surface area contributed by atoms with E-state index in [-0.39, 0.29) is 17.5 Å². The molecule has 1 aromatic heterocycles. The maximum atomic E-state index is 12.0. The predicted octanol–water partition coefficient (Wildman–Crippen LogP) is 2.18. The molecule has 2 N–H and O–H groups in total. The van der Waals surface area contributed by atoms with Gasteiger partial charge in [0.1, 0.15) is 11.5 Å². The summed E-state index contributed by atoms with van der Waals surface area (Å²) in [7, 11) is 1.64. The highest BCUT2D eigenvalue weighted by Gasteiger charge is 2.14. The van der Waals surface area contributed by atoms with E-state index in [1.807, 2.05) is 13.8 Å². The second kappa shape index (κ2) is 7.96. The van der Waals surface area contributed by atoms with Crippen LogP contribution in [0.2, 0.25) is 5.02 Å². The Balaban J connectivity index is 2.67.